The Morgan fingerprint density at radius 3 is 2.71 bits per heavy atom. The molecular weight excluding hydrogens is 202 g/mol. The van der Waals surface area contributed by atoms with Crippen LogP contribution in [0.3, 0.4) is 0 Å². The first-order valence-electron chi connectivity index (χ1n) is 4.99. The summed E-state index contributed by atoms with van der Waals surface area (Å²) < 4.78 is 27.5. The van der Waals surface area contributed by atoms with Gasteiger partial charge in [0.2, 0.25) is 0 Å². The molecule has 1 saturated heterocycles. The molecule has 1 rings (SSSR count). The second kappa shape index (κ2) is 4.57. The summed E-state index contributed by atoms with van der Waals surface area (Å²) in [6.07, 6.45) is 0. The number of hydrogen-bond acceptors (Lipinski definition) is 3. The van der Waals surface area contributed by atoms with Crippen LogP contribution in [-0.4, -0.2) is 44.4 Å². The van der Waals surface area contributed by atoms with Gasteiger partial charge in [0.1, 0.15) is 0 Å². The minimum atomic E-state index is -3.27. The Morgan fingerprint density at radius 1 is 1.50 bits per heavy atom. The van der Waals surface area contributed by atoms with Crippen LogP contribution >= 0.6 is 0 Å². The van der Waals surface area contributed by atoms with Crippen molar-refractivity contribution in [1.29, 1.82) is 0 Å². The van der Waals surface area contributed by atoms with E-state index in [0.717, 1.165) is 6.54 Å². The molecule has 2 N–H and O–H groups in total. The summed E-state index contributed by atoms with van der Waals surface area (Å²) in [6.45, 7) is 7.40. The SMILES string of the molecule is CCNS(=O)(=O)N1CCNC(C)C1C. The number of nitrogens with one attached hydrogen (secondary N) is 2. The molecule has 6 heteroatoms. The molecule has 0 amide bonds. The zero-order valence-electron chi connectivity index (χ0n) is 8.95. The van der Waals surface area contributed by atoms with E-state index in [1.54, 1.807) is 6.92 Å². The Labute approximate surface area is 86.0 Å². The largest absolute Gasteiger partial charge is 0.311 e. The Bertz CT molecular complexity index is 278. The maximum absolute atomic E-state index is 11.7. The Morgan fingerprint density at radius 2 is 2.14 bits per heavy atom. The normalized spacial score (nSPS) is 30.5. The van der Waals surface area contributed by atoms with Crippen LogP contribution in [0.25, 0.3) is 0 Å². The van der Waals surface area contributed by atoms with Crippen molar-refractivity contribution in [2.75, 3.05) is 19.6 Å². The number of hydrogen-bond donors (Lipinski definition) is 2. The Kier molecular flexibility index (Phi) is 3.88. The van der Waals surface area contributed by atoms with Gasteiger partial charge in [0.15, 0.2) is 0 Å². The lowest BCUT2D eigenvalue weighted by Crippen LogP contribution is -2.59. The van der Waals surface area contributed by atoms with Gasteiger partial charge in [0, 0.05) is 31.7 Å². The minimum Gasteiger partial charge on any atom is -0.311 e. The summed E-state index contributed by atoms with van der Waals surface area (Å²) in [4.78, 5) is 0. The molecule has 0 radical (unpaired) electrons. The highest BCUT2D eigenvalue weighted by atomic mass is 32.2. The highest BCUT2D eigenvalue weighted by molar-refractivity contribution is 7.87. The second-order valence-electron chi connectivity index (χ2n) is 3.60. The van der Waals surface area contributed by atoms with Gasteiger partial charge in [-0.15, -0.1) is 0 Å². The third-order valence-electron chi connectivity index (χ3n) is 2.61. The molecule has 0 saturated carbocycles. The highest BCUT2D eigenvalue weighted by Gasteiger charge is 2.32. The monoisotopic (exact) mass is 221 g/mol. The lowest BCUT2D eigenvalue weighted by Gasteiger charge is -2.37. The van der Waals surface area contributed by atoms with Crippen molar-refractivity contribution in [3.05, 3.63) is 0 Å². The van der Waals surface area contributed by atoms with E-state index >= 15 is 0 Å². The Balaban J connectivity index is 2.76. The van der Waals surface area contributed by atoms with E-state index < -0.39 is 10.2 Å². The van der Waals surface area contributed by atoms with Crippen LogP contribution < -0.4 is 10.0 Å². The molecule has 0 bridgehead atoms. The predicted molar refractivity (Wildman–Crippen MR) is 56.2 cm³/mol. The van der Waals surface area contributed by atoms with Crippen molar-refractivity contribution in [2.24, 2.45) is 0 Å². The van der Waals surface area contributed by atoms with Crippen molar-refractivity contribution in [2.45, 2.75) is 32.9 Å². The van der Waals surface area contributed by atoms with Crippen molar-refractivity contribution in [3.63, 3.8) is 0 Å². The molecule has 14 heavy (non-hydrogen) atoms. The molecule has 0 spiro atoms. The molecule has 1 aliphatic rings. The smallest absolute Gasteiger partial charge is 0.279 e. The topological polar surface area (TPSA) is 61.4 Å². The summed E-state index contributed by atoms with van der Waals surface area (Å²) in [7, 11) is -3.27. The summed E-state index contributed by atoms with van der Waals surface area (Å²) in [5.74, 6) is 0. The van der Waals surface area contributed by atoms with E-state index in [1.165, 1.54) is 4.31 Å². The highest BCUT2D eigenvalue weighted by Crippen LogP contribution is 2.12. The van der Waals surface area contributed by atoms with Gasteiger partial charge >= 0.3 is 0 Å². The van der Waals surface area contributed by atoms with Crippen molar-refractivity contribution >= 4 is 10.2 Å². The van der Waals surface area contributed by atoms with Gasteiger partial charge in [-0.25, -0.2) is 4.72 Å². The van der Waals surface area contributed by atoms with Gasteiger partial charge in [0.25, 0.3) is 10.2 Å². The van der Waals surface area contributed by atoms with Crippen LogP contribution in [0.2, 0.25) is 0 Å². The molecule has 84 valence electrons. The van der Waals surface area contributed by atoms with E-state index in [2.05, 4.69) is 10.0 Å². The van der Waals surface area contributed by atoms with Gasteiger partial charge in [-0.2, -0.15) is 12.7 Å². The van der Waals surface area contributed by atoms with E-state index in [1.807, 2.05) is 13.8 Å². The summed E-state index contributed by atoms with van der Waals surface area (Å²) in [5.41, 5.74) is 0. The lowest BCUT2D eigenvalue weighted by molar-refractivity contribution is 0.230. The molecule has 1 aliphatic heterocycles. The fraction of sp³-hybridized carbons (Fsp3) is 1.00. The minimum absolute atomic E-state index is 0.00722. The van der Waals surface area contributed by atoms with Crippen molar-refractivity contribution in [1.82, 2.24) is 14.3 Å². The van der Waals surface area contributed by atoms with Crippen molar-refractivity contribution < 1.29 is 8.42 Å². The maximum Gasteiger partial charge on any atom is 0.279 e. The number of nitrogens with zero attached hydrogens (tertiary/aromatic N) is 1. The molecular formula is C8H19N3O2S. The van der Waals surface area contributed by atoms with Crippen LogP contribution in [0.1, 0.15) is 20.8 Å². The summed E-state index contributed by atoms with van der Waals surface area (Å²) >= 11 is 0. The van der Waals surface area contributed by atoms with Crippen molar-refractivity contribution in [3.8, 4) is 0 Å². The fourth-order valence-electron chi connectivity index (χ4n) is 1.63. The lowest BCUT2D eigenvalue weighted by atomic mass is 10.1. The molecule has 2 atom stereocenters. The first-order chi connectivity index (χ1) is 6.49. The predicted octanol–water partition coefficient (Wildman–Crippen LogP) is -0.477. The first-order valence-corrected chi connectivity index (χ1v) is 6.43. The van der Waals surface area contributed by atoms with E-state index in [9.17, 15) is 8.42 Å². The molecule has 1 heterocycles. The molecule has 1 fully saturated rings. The van der Waals surface area contributed by atoms with Gasteiger partial charge in [-0.1, -0.05) is 6.92 Å². The third-order valence-corrected chi connectivity index (χ3v) is 4.40. The summed E-state index contributed by atoms with van der Waals surface area (Å²) in [6, 6.07) is 0.213. The average Bonchev–Trinajstić information content (AvgIpc) is 2.09. The molecule has 0 aliphatic carbocycles. The van der Waals surface area contributed by atoms with Crippen LogP contribution in [-0.2, 0) is 10.2 Å². The fourth-order valence-corrected chi connectivity index (χ4v) is 3.11. The molecule has 5 nitrogen and oxygen atoms in total. The van der Waals surface area contributed by atoms with Gasteiger partial charge in [-0.3, -0.25) is 0 Å². The van der Waals surface area contributed by atoms with Crippen LogP contribution in [0.5, 0.6) is 0 Å². The van der Waals surface area contributed by atoms with E-state index in [-0.39, 0.29) is 12.1 Å². The van der Waals surface area contributed by atoms with Crippen LogP contribution in [0.4, 0.5) is 0 Å². The van der Waals surface area contributed by atoms with Crippen LogP contribution in [0, 0.1) is 0 Å². The number of rotatable bonds is 3. The van der Waals surface area contributed by atoms with E-state index in [4.69, 9.17) is 0 Å². The maximum atomic E-state index is 11.7. The Hall–Kier alpha value is -0.170. The molecule has 2 unspecified atom stereocenters. The molecule has 0 aromatic carbocycles. The third kappa shape index (κ3) is 2.44. The average molecular weight is 221 g/mol. The molecule has 0 aromatic rings. The van der Waals surface area contributed by atoms with E-state index in [0.29, 0.717) is 13.1 Å². The zero-order valence-corrected chi connectivity index (χ0v) is 9.76. The zero-order chi connectivity index (χ0) is 10.8. The van der Waals surface area contributed by atoms with Crippen LogP contribution in [0.15, 0.2) is 0 Å². The van der Waals surface area contributed by atoms with Gasteiger partial charge in [0.05, 0.1) is 0 Å². The summed E-state index contributed by atoms with van der Waals surface area (Å²) in [5, 5.41) is 3.24. The molecule has 0 aromatic heterocycles. The first kappa shape index (κ1) is 11.9. The quantitative estimate of drug-likeness (QED) is 0.677. The standard InChI is InChI=1S/C8H19N3O2S/c1-4-10-14(12,13)11-6-5-9-7(2)8(11)3/h7-10H,4-6H2,1-3H3. The van der Waals surface area contributed by atoms with Gasteiger partial charge < -0.3 is 5.32 Å². The second-order valence-corrected chi connectivity index (χ2v) is 5.30. The number of piperazine rings is 1. The van der Waals surface area contributed by atoms with Gasteiger partial charge in [-0.05, 0) is 13.8 Å².